The second kappa shape index (κ2) is 14.6. The Hall–Kier alpha value is -4.95. The average Bonchev–Trinajstić information content (AvgIpc) is 3.10. The van der Waals surface area contributed by atoms with Gasteiger partial charge < -0.3 is 19.7 Å². The zero-order valence-corrected chi connectivity index (χ0v) is 27.5. The molecule has 6 nitrogen and oxygen atoms in total. The Balaban J connectivity index is 0.951. The van der Waals surface area contributed by atoms with Crippen LogP contribution in [-0.4, -0.2) is 35.9 Å². The molecule has 0 spiro atoms. The summed E-state index contributed by atoms with van der Waals surface area (Å²) >= 11 is 3.13. The van der Waals surface area contributed by atoms with Crippen LogP contribution in [0.15, 0.2) is 120 Å². The number of carbonyl (C=O) groups excluding carboxylic acids is 2. The smallest absolute Gasteiger partial charge is 0.255 e. The van der Waals surface area contributed by atoms with E-state index in [4.69, 9.17) is 9.47 Å². The van der Waals surface area contributed by atoms with Crippen LogP contribution in [0.5, 0.6) is 11.5 Å². The third kappa shape index (κ3) is 8.26. The van der Waals surface area contributed by atoms with Crippen LogP contribution in [-0.2, 0) is 6.61 Å². The van der Waals surface area contributed by atoms with Crippen molar-refractivity contribution in [3.63, 3.8) is 0 Å². The Morgan fingerprint density at radius 1 is 0.787 bits per heavy atom. The largest absolute Gasteiger partial charge is 0.490 e. The number of halogens is 2. The van der Waals surface area contributed by atoms with Gasteiger partial charge in [0.05, 0.1) is 4.47 Å². The van der Waals surface area contributed by atoms with E-state index in [1.807, 2.05) is 96.8 Å². The van der Waals surface area contributed by atoms with E-state index in [-0.39, 0.29) is 23.7 Å². The molecule has 0 unspecified atom stereocenters. The highest BCUT2D eigenvalue weighted by molar-refractivity contribution is 9.10. The van der Waals surface area contributed by atoms with Gasteiger partial charge in [0.25, 0.3) is 11.8 Å². The van der Waals surface area contributed by atoms with Crippen molar-refractivity contribution in [1.29, 1.82) is 0 Å². The molecule has 238 valence electrons. The molecular weight excluding hydrogens is 659 g/mol. The first-order valence-electron chi connectivity index (χ1n) is 15.5. The lowest BCUT2D eigenvalue weighted by atomic mass is 10.0. The van der Waals surface area contributed by atoms with E-state index in [1.165, 1.54) is 18.2 Å². The molecule has 1 heterocycles. The number of hydrogen-bond donors (Lipinski definition) is 1. The quantitative estimate of drug-likeness (QED) is 0.167. The molecule has 1 saturated heterocycles. The lowest BCUT2D eigenvalue weighted by molar-refractivity contribution is 0.0595. The summed E-state index contributed by atoms with van der Waals surface area (Å²) < 4.78 is 26.0. The molecule has 0 aliphatic carbocycles. The van der Waals surface area contributed by atoms with Crippen molar-refractivity contribution >= 4 is 33.4 Å². The zero-order chi connectivity index (χ0) is 32.8. The molecule has 6 rings (SSSR count). The first kappa shape index (κ1) is 32.0. The fourth-order valence-corrected chi connectivity index (χ4v) is 5.79. The maximum absolute atomic E-state index is 13.5. The minimum atomic E-state index is -0.387. The number of hydrogen-bond acceptors (Lipinski definition) is 4. The summed E-state index contributed by atoms with van der Waals surface area (Å²) in [6.07, 6.45) is 1.68. The molecule has 1 fully saturated rings. The maximum atomic E-state index is 13.5. The molecule has 0 saturated carbocycles. The van der Waals surface area contributed by atoms with Gasteiger partial charge in [-0.2, -0.15) is 0 Å². The van der Waals surface area contributed by atoms with Crippen molar-refractivity contribution < 1.29 is 23.5 Å². The van der Waals surface area contributed by atoms with Crippen LogP contribution in [0.4, 0.5) is 10.1 Å². The maximum Gasteiger partial charge on any atom is 0.255 e. The van der Waals surface area contributed by atoms with E-state index < -0.39 is 0 Å². The minimum Gasteiger partial charge on any atom is -0.490 e. The fraction of sp³-hybridized carbons (Fsp3) is 0.179. The van der Waals surface area contributed by atoms with E-state index in [1.54, 1.807) is 12.1 Å². The molecule has 0 radical (unpaired) electrons. The van der Waals surface area contributed by atoms with Gasteiger partial charge in [0.2, 0.25) is 0 Å². The van der Waals surface area contributed by atoms with Crippen LogP contribution in [0.1, 0.15) is 44.7 Å². The third-order valence-corrected chi connectivity index (χ3v) is 8.78. The van der Waals surface area contributed by atoms with E-state index in [2.05, 4.69) is 21.2 Å². The van der Waals surface area contributed by atoms with Crippen LogP contribution in [0, 0.1) is 12.7 Å². The SMILES string of the molecule is Cc1ccc(C(=O)N2CCC(Oc3ccc(COc4ccc(-c5ccc(C(=O)Nc6ccc(F)c(Br)c6)cc5)cc4)cc3)CC2)cc1. The van der Waals surface area contributed by atoms with E-state index in [0.29, 0.717) is 35.4 Å². The Labute approximate surface area is 282 Å². The molecule has 0 aromatic heterocycles. The highest BCUT2D eigenvalue weighted by atomic mass is 79.9. The lowest BCUT2D eigenvalue weighted by Gasteiger charge is -2.32. The second-order valence-electron chi connectivity index (χ2n) is 11.6. The zero-order valence-electron chi connectivity index (χ0n) is 25.9. The number of amides is 2. The van der Waals surface area contributed by atoms with Gasteiger partial charge in [0.1, 0.15) is 30.0 Å². The second-order valence-corrected chi connectivity index (χ2v) is 12.4. The number of anilines is 1. The molecule has 0 bridgehead atoms. The van der Waals surface area contributed by atoms with Crippen LogP contribution in [0.25, 0.3) is 11.1 Å². The number of benzene rings is 5. The molecule has 5 aromatic carbocycles. The topological polar surface area (TPSA) is 67.9 Å². The summed E-state index contributed by atoms with van der Waals surface area (Å²) in [5, 5.41) is 2.78. The van der Waals surface area contributed by atoms with Crippen LogP contribution < -0.4 is 14.8 Å². The van der Waals surface area contributed by atoms with Gasteiger partial charge in [-0.3, -0.25) is 9.59 Å². The predicted octanol–water partition coefficient (Wildman–Crippen LogP) is 9.08. The molecule has 0 atom stereocenters. The van der Waals surface area contributed by atoms with Crippen molar-refractivity contribution in [1.82, 2.24) is 4.90 Å². The predicted molar refractivity (Wildman–Crippen MR) is 185 cm³/mol. The Morgan fingerprint density at radius 3 is 2.02 bits per heavy atom. The summed E-state index contributed by atoms with van der Waals surface area (Å²) in [5.74, 6) is 0.986. The first-order chi connectivity index (χ1) is 22.8. The lowest BCUT2D eigenvalue weighted by Crippen LogP contribution is -2.41. The van der Waals surface area contributed by atoms with E-state index in [9.17, 15) is 14.0 Å². The molecule has 47 heavy (non-hydrogen) atoms. The van der Waals surface area contributed by atoms with Crippen LogP contribution in [0.2, 0.25) is 0 Å². The van der Waals surface area contributed by atoms with Crippen molar-refractivity contribution in [2.24, 2.45) is 0 Å². The third-order valence-electron chi connectivity index (χ3n) is 8.17. The van der Waals surface area contributed by atoms with E-state index in [0.717, 1.165) is 52.2 Å². The fourth-order valence-electron chi connectivity index (χ4n) is 5.41. The summed E-state index contributed by atoms with van der Waals surface area (Å²) in [7, 11) is 0. The van der Waals surface area contributed by atoms with Crippen LogP contribution >= 0.6 is 15.9 Å². The van der Waals surface area contributed by atoms with Gasteiger partial charge in [0.15, 0.2) is 0 Å². The van der Waals surface area contributed by atoms with Crippen LogP contribution in [0.3, 0.4) is 0 Å². The first-order valence-corrected chi connectivity index (χ1v) is 16.3. The van der Waals surface area contributed by atoms with Crippen molar-refractivity contribution in [2.75, 3.05) is 18.4 Å². The standard InChI is InChI=1S/C39H34BrFN2O4/c1-26-2-6-31(7-3-26)39(45)43-22-20-35(21-23-43)47-34-15-4-27(5-16-34)25-46-33-17-12-29(13-18-33)28-8-10-30(11-9-28)38(44)42-32-14-19-37(41)36(40)24-32/h2-19,24,35H,20-23,25H2,1H3,(H,42,44). The van der Waals surface area contributed by atoms with Crippen molar-refractivity contribution in [3.8, 4) is 22.6 Å². The number of likely N-dealkylation sites (tertiary alicyclic amines) is 1. The van der Waals surface area contributed by atoms with Gasteiger partial charge in [-0.25, -0.2) is 4.39 Å². The number of nitrogens with one attached hydrogen (secondary N) is 1. The Bertz CT molecular complexity index is 1840. The Morgan fingerprint density at radius 2 is 1.38 bits per heavy atom. The van der Waals surface area contributed by atoms with Gasteiger partial charge in [-0.05, 0) is 106 Å². The number of rotatable bonds is 9. The molecule has 8 heteroatoms. The Kier molecular flexibility index (Phi) is 9.97. The number of aryl methyl sites for hydroxylation is 1. The number of carbonyl (C=O) groups is 2. The molecular formula is C39H34BrFN2O4. The molecule has 1 aliphatic rings. The summed E-state index contributed by atoms with van der Waals surface area (Å²) in [4.78, 5) is 27.3. The molecule has 1 aliphatic heterocycles. The number of nitrogens with zero attached hydrogens (tertiary/aromatic N) is 1. The van der Waals surface area contributed by atoms with E-state index >= 15 is 0 Å². The van der Waals surface area contributed by atoms with Gasteiger partial charge in [-0.15, -0.1) is 0 Å². The van der Waals surface area contributed by atoms with Gasteiger partial charge in [0, 0.05) is 42.7 Å². The number of ether oxygens (including phenoxy) is 2. The molecule has 2 amide bonds. The van der Waals surface area contributed by atoms with Gasteiger partial charge in [-0.1, -0.05) is 54.1 Å². The van der Waals surface area contributed by atoms with Crippen molar-refractivity contribution in [3.05, 3.63) is 148 Å². The molecule has 1 N–H and O–H groups in total. The average molecular weight is 694 g/mol. The number of piperidine rings is 1. The molecule has 5 aromatic rings. The normalized spacial score (nSPS) is 13.2. The van der Waals surface area contributed by atoms with Crippen molar-refractivity contribution in [2.45, 2.75) is 32.5 Å². The summed E-state index contributed by atoms with van der Waals surface area (Å²) in [6.45, 7) is 3.81. The summed E-state index contributed by atoms with van der Waals surface area (Å²) in [5.41, 5.74) is 5.88. The monoisotopic (exact) mass is 692 g/mol. The minimum absolute atomic E-state index is 0.0788. The highest BCUT2D eigenvalue weighted by Gasteiger charge is 2.24. The van der Waals surface area contributed by atoms with Gasteiger partial charge >= 0.3 is 0 Å². The summed E-state index contributed by atoms with van der Waals surface area (Å²) in [6, 6.07) is 35.1. The highest BCUT2D eigenvalue weighted by Crippen LogP contribution is 2.26.